The number of halogens is 2. The maximum atomic E-state index is 13.5. The van der Waals surface area contributed by atoms with Crippen molar-refractivity contribution in [3.8, 4) is 5.75 Å². The largest absolute Gasteiger partial charge is 0.494 e. The molecule has 0 radical (unpaired) electrons. The molecule has 0 bridgehead atoms. The topological polar surface area (TPSA) is 54.9 Å². The van der Waals surface area contributed by atoms with E-state index < -0.39 is 0 Å². The standard InChI is InChI=1S/C25H30ClN3O3S.ClH/c1-17-5-6-19(18(2)15-17)16-22(30)29(10-4-9-28-11-13-32-14-12-28)25-27-23-21(31-3)8-7-20(26)24(23)33-25;/h5-8,15H,4,9-14,16H2,1-3H3;1H. The fraction of sp³-hybridized carbons (Fsp3) is 0.440. The normalized spacial score (nSPS) is 14.1. The highest BCUT2D eigenvalue weighted by Crippen LogP contribution is 2.39. The minimum absolute atomic E-state index is 0. The molecular formula is C25H31Cl2N3O3S. The van der Waals surface area contributed by atoms with E-state index >= 15 is 0 Å². The van der Waals surface area contributed by atoms with Gasteiger partial charge in [0.1, 0.15) is 11.3 Å². The number of rotatable bonds is 8. The fourth-order valence-corrected chi connectivity index (χ4v) is 5.43. The molecule has 1 aliphatic rings. The van der Waals surface area contributed by atoms with Crippen molar-refractivity contribution in [3.05, 3.63) is 52.0 Å². The van der Waals surface area contributed by atoms with Crippen LogP contribution in [0.1, 0.15) is 23.1 Å². The van der Waals surface area contributed by atoms with E-state index in [0.717, 1.165) is 55.1 Å². The minimum atomic E-state index is 0. The summed E-state index contributed by atoms with van der Waals surface area (Å²) >= 11 is 7.89. The maximum Gasteiger partial charge on any atom is 0.233 e. The van der Waals surface area contributed by atoms with Crippen LogP contribution in [0.2, 0.25) is 5.02 Å². The van der Waals surface area contributed by atoms with Crippen LogP contribution in [0.15, 0.2) is 30.3 Å². The fourth-order valence-electron chi connectivity index (χ4n) is 4.13. The summed E-state index contributed by atoms with van der Waals surface area (Å²) in [5, 5.41) is 1.28. The van der Waals surface area contributed by atoms with E-state index in [4.69, 9.17) is 26.1 Å². The summed E-state index contributed by atoms with van der Waals surface area (Å²) in [4.78, 5) is 22.5. The second-order valence-electron chi connectivity index (χ2n) is 8.38. The highest BCUT2D eigenvalue weighted by molar-refractivity contribution is 7.23. The van der Waals surface area contributed by atoms with E-state index in [9.17, 15) is 4.79 Å². The Morgan fingerprint density at radius 1 is 1.24 bits per heavy atom. The zero-order chi connectivity index (χ0) is 23.4. The number of methoxy groups -OCH3 is 1. The molecule has 0 N–H and O–H groups in total. The Bertz CT molecular complexity index is 1130. The molecular weight excluding hydrogens is 493 g/mol. The Morgan fingerprint density at radius 3 is 2.71 bits per heavy atom. The lowest BCUT2D eigenvalue weighted by Crippen LogP contribution is -2.39. The van der Waals surface area contributed by atoms with Gasteiger partial charge in [0, 0.05) is 26.2 Å². The van der Waals surface area contributed by atoms with Gasteiger partial charge in [-0.3, -0.25) is 14.6 Å². The highest BCUT2D eigenvalue weighted by Gasteiger charge is 2.23. The number of benzene rings is 2. The predicted octanol–water partition coefficient (Wildman–Crippen LogP) is 5.29. The first-order chi connectivity index (χ1) is 16.0. The van der Waals surface area contributed by atoms with Crippen LogP contribution in [-0.4, -0.2) is 62.3 Å². The van der Waals surface area contributed by atoms with Crippen LogP contribution in [0.3, 0.4) is 0 Å². The summed E-state index contributed by atoms with van der Waals surface area (Å²) in [5.41, 5.74) is 4.06. The lowest BCUT2D eigenvalue weighted by Gasteiger charge is -2.27. The Hall–Kier alpha value is -1.90. The van der Waals surface area contributed by atoms with E-state index in [2.05, 4.69) is 30.9 Å². The van der Waals surface area contributed by atoms with E-state index in [1.54, 1.807) is 7.11 Å². The molecule has 0 atom stereocenters. The summed E-state index contributed by atoms with van der Waals surface area (Å²) < 4.78 is 11.8. The smallest absolute Gasteiger partial charge is 0.233 e. The van der Waals surface area contributed by atoms with Gasteiger partial charge in [0.25, 0.3) is 0 Å². The molecule has 3 aromatic rings. The monoisotopic (exact) mass is 523 g/mol. The number of amides is 1. The number of morpholine rings is 1. The van der Waals surface area contributed by atoms with Crippen molar-refractivity contribution >= 4 is 56.6 Å². The first-order valence-corrected chi connectivity index (χ1v) is 12.5. The van der Waals surface area contributed by atoms with Crippen LogP contribution in [-0.2, 0) is 16.0 Å². The number of aryl methyl sites for hydroxylation is 2. The molecule has 184 valence electrons. The molecule has 34 heavy (non-hydrogen) atoms. The Balaban J connectivity index is 0.00000324. The van der Waals surface area contributed by atoms with Crippen molar-refractivity contribution in [2.45, 2.75) is 26.7 Å². The third-order valence-electron chi connectivity index (χ3n) is 6.00. The predicted molar refractivity (Wildman–Crippen MR) is 142 cm³/mol. The van der Waals surface area contributed by atoms with Gasteiger partial charge in [-0.2, -0.15) is 0 Å². The van der Waals surface area contributed by atoms with Crippen LogP contribution >= 0.6 is 35.3 Å². The molecule has 0 unspecified atom stereocenters. The van der Waals surface area contributed by atoms with Gasteiger partial charge < -0.3 is 9.47 Å². The second-order valence-corrected chi connectivity index (χ2v) is 9.77. The summed E-state index contributed by atoms with van der Waals surface area (Å²) in [7, 11) is 1.62. The molecule has 2 heterocycles. The molecule has 1 fully saturated rings. The lowest BCUT2D eigenvalue weighted by atomic mass is 10.0. The maximum absolute atomic E-state index is 13.5. The molecule has 2 aromatic carbocycles. The molecule has 1 saturated heterocycles. The van der Waals surface area contributed by atoms with Crippen molar-refractivity contribution in [1.29, 1.82) is 0 Å². The van der Waals surface area contributed by atoms with Gasteiger partial charge >= 0.3 is 0 Å². The van der Waals surface area contributed by atoms with Gasteiger partial charge in [-0.25, -0.2) is 4.98 Å². The average molecular weight is 525 g/mol. The number of aromatic nitrogens is 1. The molecule has 1 amide bonds. The number of carbonyl (C=O) groups excluding carboxylic acids is 1. The number of nitrogens with zero attached hydrogens (tertiary/aromatic N) is 3. The van der Waals surface area contributed by atoms with Gasteiger partial charge in [0.05, 0.1) is 36.5 Å². The van der Waals surface area contributed by atoms with Crippen LogP contribution in [0.25, 0.3) is 10.2 Å². The van der Waals surface area contributed by atoms with Crippen LogP contribution in [0, 0.1) is 13.8 Å². The third kappa shape index (κ3) is 6.20. The van der Waals surface area contributed by atoms with Gasteiger partial charge in [-0.15, -0.1) is 12.4 Å². The molecule has 9 heteroatoms. The second kappa shape index (κ2) is 12.2. The Kier molecular flexibility index (Phi) is 9.56. The van der Waals surface area contributed by atoms with E-state index in [0.29, 0.717) is 34.4 Å². The SMILES string of the molecule is COc1ccc(Cl)c2sc(N(CCCN3CCOCC3)C(=O)Cc3ccc(C)cc3C)nc12.Cl. The zero-order valence-corrected chi connectivity index (χ0v) is 22.2. The molecule has 1 aromatic heterocycles. The van der Waals surface area contributed by atoms with Crippen LogP contribution < -0.4 is 9.64 Å². The van der Waals surface area contributed by atoms with Gasteiger partial charge in [0.15, 0.2) is 5.13 Å². The van der Waals surface area contributed by atoms with Crippen molar-refractivity contribution in [2.75, 3.05) is 51.4 Å². The molecule has 0 spiro atoms. The number of hydrogen-bond donors (Lipinski definition) is 0. The average Bonchev–Trinajstić information content (AvgIpc) is 3.25. The van der Waals surface area contributed by atoms with Gasteiger partial charge in [-0.1, -0.05) is 46.7 Å². The van der Waals surface area contributed by atoms with E-state index in [1.807, 2.05) is 23.1 Å². The first kappa shape index (κ1) is 26.7. The summed E-state index contributed by atoms with van der Waals surface area (Å²) in [6.07, 6.45) is 1.20. The summed E-state index contributed by atoms with van der Waals surface area (Å²) in [6, 6.07) is 9.85. The number of thiazole rings is 1. The van der Waals surface area contributed by atoms with Crippen molar-refractivity contribution < 1.29 is 14.3 Å². The molecule has 4 rings (SSSR count). The zero-order valence-electron chi connectivity index (χ0n) is 19.8. The number of hydrogen-bond acceptors (Lipinski definition) is 6. The van der Waals surface area contributed by atoms with E-state index in [-0.39, 0.29) is 18.3 Å². The van der Waals surface area contributed by atoms with E-state index in [1.165, 1.54) is 16.9 Å². The number of anilines is 1. The third-order valence-corrected chi connectivity index (χ3v) is 7.54. The summed E-state index contributed by atoms with van der Waals surface area (Å²) in [5.74, 6) is 0.699. The first-order valence-electron chi connectivity index (χ1n) is 11.3. The number of carbonyl (C=O) groups is 1. The quantitative estimate of drug-likeness (QED) is 0.401. The highest BCUT2D eigenvalue weighted by atomic mass is 35.5. The number of ether oxygens (including phenoxy) is 2. The summed E-state index contributed by atoms with van der Waals surface area (Å²) in [6.45, 7) is 9.05. The lowest BCUT2D eigenvalue weighted by molar-refractivity contribution is -0.118. The van der Waals surface area contributed by atoms with Crippen molar-refractivity contribution in [3.63, 3.8) is 0 Å². The molecule has 0 aliphatic carbocycles. The molecule has 1 aliphatic heterocycles. The Morgan fingerprint density at radius 2 is 2.00 bits per heavy atom. The van der Waals surface area contributed by atoms with Crippen LogP contribution in [0.5, 0.6) is 5.75 Å². The van der Waals surface area contributed by atoms with Gasteiger partial charge in [-0.05, 0) is 43.5 Å². The molecule has 6 nitrogen and oxygen atoms in total. The van der Waals surface area contributed by atoms with Crippen molar-refractivity contribution in [1.82, 2.24) is 9.88 Å². The van der Waals surface area contributed by atoms with Gasteiger partial charge in [0.2, 0.25) is 5.91 Å². The molecule has 0 saturated carbocycles. The minimum Gasteiger partial charge on any atom is -0.494 e. The van der Waals surface area contributed by atoms with Crippen molar-refractivity contribution in [2.24, 2.45) is 0 Å². The number of fused-ring (bicyclic) bond motifs is 1. The Labute approximate surface area is 216 Å². The van der Waals surface area contributed by atoms with Crippen LogP contribution in [0.4, 0.5) is 5.13 Å².